The van der Waals surface area contributed by atoms with Crippen LogP contribution in [0.25, 0.3) is 0 Å². The van der Waals surface area contributed by atoms with Crippen molar-refractivity contribution in [2.24, 2.45) is 0 Å². The first-order valence-electron chi connectivity index (χ1n) is 8.43. The van der Waals surface area contributed by atoms with Crippen LogP contribution >= 0.6 is 0 Å². The Morgan fingerprint density at radius 2 is 1.92 bits per heavy atom. The Hall–Kier alpha value is -2.70. The molecule has 132 valence electrons. The van der Waals surface area contributed by atoms with Gasteiger partial charge in [0.1, 0.15) is 5.56 Å². The molecular weight excluding hydrogens is 322 g/mol. The van der Waals surface area contributed by atoms with Gasteiger partial charge in [-0.3, -0.25) is 4.79 Å². The zero-order chi connectivity index (χ0) is 17.4. The van der Waals surface area contributed by atoms with E-state index in [9.17, 15) is 4.79 Å². The second-order valence-corrected chi connectivity index (χ2v) is 6.24. The lowest BCUT2D eigenvalue weighted by molar-refractivity contribution is 0.0727. The van der Waals surface area contributed by atoms with Crippen LogP contribution in [0.3, 0.4) is 0 Å². The SMILES string of the molecule is COc1cc2c(cc1OC)CN(C(=O)c1cnn3c1OCCC3)CC2. The van der Waals surface area contributed by atoms with E-state index in [2.05, 4.69) is 5.10 Å². The first kappa shape index (κ1) is 15.8. The van der Waals surface area contributed by atoms with Gasteiger partial charge in [0, 0.05) is 26.1 Å². The summed E-state index contributed by atoms with van der Waals surface area (Å²) in [6.07, 6.45) is 3.32. The van der Waals surface area contributed by atoms with E-state index in [0.29, 0.717) is 36.9 Å². The van der Waals surface area contributed by atoms with E-state index >= 15 is 0 Å². The maximum absolute atomic E-state index is 13.0. The van der Waals surface area contributed by atoms with E-state index in [0.717, 1.165) is 30.7 Å². The third-order valence-electron chi connectivity index (χ3n) is 4.78. The minimum absolute atomic E-state index is 0.0383. The Morgan fingerprint density at radius 3 is 2.68 bits per heavy atom. The fourth-order valence-corrected chi connectivity index (χ4v) is 3.44. The molecule has 2 aliphatic rings. The Labute approximate surface area is 146 Å². The summed E-state index contributed by atoms with van der Waals surface area (Å²) in [6.45, 7) is 2.62. The number of methoxy groups -OCH3 is 2. The number of fused-ring (bicyclic) bond motifs is 2. The van der Waals surface area contributed by atoms with Crippen molar-refractivity contribution in [1.29, 1.82) is 0 Å². The molecule has 1 aromatic heterocycles. The molecule has 0 atom stereocenters. The minimum Gasteiger partial charge on any atom is -0.493 e. The molecule has 25 heavy (non-hydrogen) atoms. The first-order valence-corrected chi connectivity index (χ1v) is 8.43. The lowest BCUT2D eigenvalue weighted by Crippen LogP contribution is -2.36. The topological polar surface area (TPSA) is 65.8 Å². The highest BCUT2D eigenvalue weighted by Gasteiger charge is 2.28. The molecule has 7 nitrogen and oxygen atoms in total. The minimum atomic E-state index is -0.0383. The average molecular weight is 343 g/mol. The summed E-state index contributed by atoms with van der Waals surface area (Å²) in [5.41, 5.74) is 2.82. The number of aromatic nitrogens is 2. The summed E-state index contributed by atoms with van der Waals surface area (Å²) in [5.74, 6) is 1.96. The highest BCUT2D eigenvalue weighted by Crippen LogP contribution is 2.34. The van der Waals surface area contributed by atoms with E-state index in [1.165, 1.54) is 5.56 Å². The molecular formula is C18H21N3O4. The smallest absolute Gasteiger partial charge is 0.261 e. The lowest BCUT2D eigenvalue weighted by atomic mass is 9.98. The van der Waals surface area contributed by atoms with Crippen molar-refractivity contribution in [2.45, 2.75) is 25.9 Å². The van der Waals surface area contributed by atoms with Crippen LogP contribution in [0.2, 0.25) is 0 Å². The quantitative estimate of drug-likeness (QED) is 0.851. The molecule has 1 amide bonds. The summed E-state index contributed by atoms with van der Waals surface area (Å²) >= 11 is 0. The molecule has 4 rings (SSSR count). The van der Waals surface area contributed by atoms with Gasteiger partial charge in [-0.15, -0.1) is 0 Å². The Morgan fingerprint density at radius 1 is 1.16 bits per heavy atom. The third-order valence-corrected chi connectivity index (χ3v) is 4.78. The van der Waals surface area contributed by atoms with Gasteiger partial charge in [0.2, 0.25) is 5.88 Å². The molecule has 0 bridgehead atoms. The van der Waals surface area contributed by atoms with Gasteiger partial charge in [0.15, 0.2) is 11.5 Å². The number of rotatable bonds is 3. The van der Waals surface area contributed by atoms with Crippen molar-refractivity contribution in [1.82, 2.24) is 14.7 Å². The van der Waals surface area contributed by atoms with E-state index in [1.54, 1.807) is 25.1 Å². The molecule has 0 aliphatic carbocycles. The van der Waals surface area contributed by atoms with Gasteiger partial charge in [0.05, 0.1) is 27.0 Å². The zero-order valence-electron chi connectivity index (χ0n) is 14.4. The predicted molar refractivity (Wildman–Crippen MR) is 90.3 cm³/mol. The standard InChI is InChI=1S/C18H21N3O4/c1-23-15-8-12-4-6-20(11-13(12)9-16(15)24-2)17(22)14-10-19-21-5-3-7-25-18(14)21/h8-10H,3-7,11H2,1-2H3. The number of aryl methyl sites for hydroxylation is 1. The maximum atomic E-state index is 13.0. The molecule has 0 fully saturated rings. The molecule has 0 spiro atoms. The number of nitrogens with zero attached hydrogens (tertiary/aromatic N) is 3. The van der Waals surface area contributed by atoms with E-state index in [-0.39, 0.29) is 5.91 Å². The second kappa shape index (κ2) is 6.31. The van der Waals surface area contributed by atoms with E-state index < -0.39 is 0 Å². The predicted octanol–water partition coefficient (Wildman–Crippen LogP) is 1.88. The van der Waals surface area contributed by atoms with Crippen molar-refractivity contribution < 1.29 is 19.0 Å². The van der Waals surface area contributed by atoms with Crippen LogP contribution in [0.4, 0.5) is 0 Å². The van der Waals surface area contributed by atoms with Gasteiger partial charge in [-0.05, 0) is 29.7 Å². The number of hydrogen-bond donors (Lipinski definition) is 0. The van der Waals surface area contributed by atoms with Gasteiger partial charge in [0.25, 0.3) is 5.91 Å². The summed E-state index contributed by atoms with van der Waals surface area (Å²) in [4.78, 5) is 14.8. The third kappa shape index (κ3) is 2.69. The van der Waals surface area contributed by atoms with Gasteiger partial charge < -0.3 is 19.1 Å². The molecule has 0 unspecified atom stereocenters. The molecule has 2 aliphatic heterocycles. The van der Waals surface area contributed by atoms with Crippen LogP contribution < -0.4 is 14.2 Å². The van der Waals surface area contributed by atoms with Gasteiger partial charge in [-0.2, -0.15) is 5.10 Å². The van der Waals surface area contributed by atoms with Crippen LogP contribution in [-0.4, -0.2) is 48.0 Å². The average Bonchev–Trinajstić information content (AvgIpc) is 3.09. The molecule has 0 saturated heterocycles. The number of benzene rings is 1. The monoisotopic (exact) mass is 343 g/mol. The molecule has 2 aromatic rings. The van der Waals surface area contributed by atoms with E-state index in [1.807, 2.05) is 17.0 Å². The normalized spacial score (nSPS) is 15.8. The Bertz CT molecular complexity index is 815. The van der Waals surface area contributed by atoms with Crippen LogP contribution in [-0.2, 0) is 19.5 Å². The van der Waals surface area contributed by atoms with Gasteiger partial charge in [-0.25, -0.2) is 4.68 Å². The number of amides is 1. The number of carbonyl (C=O) groups is 1. The van der Waals surface area contributed by atoms with Crippen molar-refractivity contribution in [3.8, 4) is 17.4 Å². The summed E-state index contributed by atoms with van der Waals surface area (Å²) in [6, 6.07) is 3.96. The summed E-state index contributed by atoms with van der Waals surface area (Å²) in [5, 5.41) is 4.27. The van der Waals surface area contributed by atoms with E-state index in [4.69, 9.17) is 14.2 Å². The van der Waals surface area contributed by atoms with Crippen molar-refractivity contribution in [3.05, 3.63) is 35.0 Å². The van der Waals surface area contributed by atoms with Crippen LogP contribution in [0.15, 0.2) is 18.3 Å². The largest absolute Gasteiger partial charge is 0.493 e. The fraction of sp³-hybridized carbons (Fsp3) is 0.444. The summed E-state index contributed by atoms with van der Waals surface area (Å²) in [7, 11) is 3.25. The maximum Gasteiger partial charge on any atom is 0.261 e. The fourth-order valence-electron chi connectivity index (χ4n) is 3.44. The lowest BCUT2D eigenvalue weighted by Gasteiger charge is -2.29. The Kier molecular flexibility index (Phi) is 3.99. The van der Waals surface area contributed by atoms with Crippen molar-refractivity contribution in [2.75, 3.05) is 27.4 Å². The van der Waals surface area contributed by atoms with Crippen LogP contribution in [0.5, 0.6) is 17.4 Å². The van der Waals surface area contributed by atoms with Crippen LogP contribution in [0.1, 0.15) is 27.9 Å². The molecule has 3 heterocycles. The van der Waals surface area contributed by atoms with Crippen LogP contribution in [0, 0.1) is 0 Å². The number of hydrogen-bond acceptors (Lipinski definition) is 5. The highest BCUT2D eigenvalue weighted by atomic mass is 16.5. The zero-order valence-corrected chi connectivity index (χ0v) is 14.4. The second-order valence-electron chi connectivity index (χ2n) is 6.24. The molecule has 0 saturated carbocycles. The summed E-state index contributed by atoms with van der Waals surface area (Å²) < 4.78 is 18.2. The number of ether oxygens (including phenoxy) is 3. The van der Waals surface area contributed by atoms with Gasteiger partial charge in [-0.1, -0.05) is 0 Å². The number of carbonyl (C=O) groups excluding carboxylic acids is 1. The molecule has 0 N–H and O–H groups in total. The first-order chi connectivity index (χ1) is 12.2. The highest BCUT2D eigenvalue weighted by molar-refractivity contribution is 5.96. The molecule has 7 heteroatoms. The van der Waals surface area contributed by atoms with Crippen molar-refractivity contribution >= 4 is 5.91 Å². The molecule has 1 aromatic carbocycles. The van der Waals surface area contributed by atoms with Gasteiger partial charge >= 0.3 is 0 Å². The Balaban J connectivity index is 1.60. The van der Waals surface area contributed by atoms with Crippen molar-refractivity contribution in [3.63, 3.8) is 0 Å². The molecule has 0 radical (unpaired) electrons.